The fourth-order valence-corrected chi connectivity index (χ4v) is 2.99. The van der Waals surface area contributed by atoms with E-state index in [4.69, 9.17) is 4.74 Å². The zero-order chi connectivity index (χ0) is 13.2. The van der Waals surface area contributed by atoms with Crippen LogP contribution in [0.25, 0.3) is 0 Å². The second kappa shape index (κ2) is 5.41. The lowest BCUT2D eigenvalue weighted by molar-refractivity contribution is 0.198. The molecular formula is C16H25NO. The van der Waals surface area contributed by atoms with Gasteiger partial charge in [-0.1, -0.05) is 43.7 Å². The molecule has 1 aliphatic rings. The summed E-state index contributed by atoms with van der Waals surface area (Å²) in [5, 5.41) is 3.49. The van der Waals surface area contributed by atoms with Crippen molar-refractivity contribution >= 4 is 0 Å². The molecule has 1 N–H and O–H groups in total. The fraction of sp³-hybridized carbons (Fsp3) is 0.625. The molecule has 0 saturated heterocycles. The molecule has 2 heteroatoms. The highest BCUT2D eigenvalue weighted by Gasteiger charge is 2.57. The number of aryl methyl sites for hydroxylation is 1. The monoisotopic (exact) mass is 247 g/mol. The zero-order valence-electron chi connectivity index (χ0n) is 12.0. The molecule has 1 aromatic carbocycles. The minimum Gasteiger partial charge on any atom is -0.383 e. The van der Waals surface area contributed by atoms with Crippen molar-refractivity contribution in [3.63, 3.8) is 0 Å². The molecule has 1 fully saturated rings. The van der Waals surface area contributed by atoms with Gasteiger partial charge in [-0.15, -0.1) is 0 Å². The predicted octanol–water partition coefficient (Wildman–Crippen LogP) is 2.97. The summed E-state index contributed by atoms with van der Waals surface area (Å²) in [6.07, 6.45) is 0. The van der Waals surface area contributed by atoms with Crippen molar-refractivity contribution in [1.82, 2.24) is 5.32 Å². The van der Waals surface area contributed by atoms with Crippen LogP contribution in [0, 0.1) is 18.3 Å². The molecule has 1 aromatic rings. The summed E-state index contributed by atoms with van der Waals surface area (Å²) in [7, 11) is 1.75. The summed E-state index contributed by atoms with van der Waals surface area (Å²) >= 11 is 0. The summed E-state index contributed by atoms with van der Waals surface area (Å²) in [4.78, 5) is 0. The lowest BCUT2D eigenvalue weighted by Gasteiger charge is -2.04. The highest BCUT2D eigenvalue weighted by atomic mass is 16.5. The van der Waals surface area contributed by atoms with Crippen LogP contribution in [-0.2, 0) is 4.74 Å². The normalized spacial score (nSPS) is 25.1. The van der Waals surface area contributed by atoms with Gasteiger partial charge < -0.3 is 10.1 Å². The third kappa shape index (κ3) is 2.76. The van der Waals surface area contributed by atoms with Crippen LogP contribution < -0.4 is 5.32 Å². The van der Waals surface area contributed by atoms with Crippen LogP contribution in [0.15, 0.2) is 24.3 Å². The highest BCUT2D eigenvalue weighted by molar-refractivity contribution is 5.33. The van der Waals surface area contributed by atoms with Gasteiger partial charge in [-0.2, -0.15) is 0 Å². The van der Waals surface area contributed by atoms with Crippen LogP contribution in [0.5, 0.6) is 0 Å². The van der Waals surface area contributed by atoms with Gasteiger partial charge in [0.25, 0.3) is 0 Å². The molecule has 0 amide bonds. The van der Waals surface area contributed by atoms with Gasteiger partial charge in [-0.05, 0) is 36.3 Å². The van der Waals surface area contributed by atoms with Crippen LogP contribution >= 0.6 is 0 Å². The Bertz CT molecular complexity index is 383. The van der Waals surface area contributed by atoms with Crippen molar-refractivity contribution in [3.8, 4) is 0 Å². The lowest BCUT2D eigenvalue weighted by Crippen LogP contribution is -2.22. The predicted molar refractivity (Wildman–Crippen MR) is 75.9 cm³/mol. The molecule has 0 bridgehead atoms. The van der Waals surface area contributed by atoms with Gasteiger partial charge >= 0.3 is 0 Å². The molecule has 2 unspecified atom stereocenters. The first kappa shape index (κ1) is 13.6. The minimum atomic E-state index is 0.426. The Morgan fingerprint density at radius 3 is 2.50 bits per heavy atom. The molecule has 2 rings (SSSR count). The molecule has 0 spiro atoms. The van der Waals surface area contributed by atoms with Crippen LogP contribution in [-0.4, -0.2) is 26.8 Å². The summed E-state index contributed by atoms with van der Waals surface area (Å²) < 4.78 is 5.06. The number of rotatable bonds is 6. The molecule has 2 atom stereocenters. The van der Waals surface area contributed by atoms with E-state index in [1.54, 1.807) is 7.11 Å². The van der Waals surface area contributed by atoms with Gasteiger partial charge in [0, 0.05) is 13.7 Å². The zero-order valence-corrected chi connectivity index (χ0v) is 12.0. The van der Waals surface area contributed by atoms with Crippen molar-refractivity contribution < 1.29 is 4.74 Å². The van der Waals surface area contributed by atoms with Gasteiger partial charge in [0.1, 0.15) is 0 Å². The maximum Gasteiger partial charge on any atom is 0.0587 e. The van der Waals surface area contributed by atoms with E-state index in [0.717, 1.165) is 25.6 Å². The van der Waals surface area contributed by atoms with Gasteiger partial charge in [-0.25, -0.2) is 0 Å². The summed E-state index contributed by atoms with van der Waals surface area (Å²) in [6.45, 7) is 9.73. The lowest BCUT2D eigenvalue weighted by atomic mass is 10.0. The van der Waals surface area contributed by atoms with Crippen LogP contribution in [0.4, 0.5) is 0 Å². The third-order valence-electron chi connectivity index (χ3n) is 4.33. The number of methoxy groups -OCH3 is 1. The first-order valence-electron chi connectivity index (χ1n) is 6.83. The summed E-state index contributed by atoms with van der Waals surface area (Å²) in [6, 6.07) is 9.02. The van der Waals surface area contributed by atoms with E-state index in [2.05, 4.69) is 50.4 Å². The fourth-order valence-electron chi connectivity index (χ4n) is 2.99. The topological polar surface area (TPSA) is 21.3 Å². The quantitative estimate of drug-likeness (QED) is 0.780. The Morgan fingerprint density at radius 1 is 1.22 bits per heavy atom. The summed E-state index contributed by atoms with van der Waals surface area (Å²) in [5.74, 6) is 1.45. The molecule has 2 nitrogen and oxygen atoms in total. The van der Waals surface area contributed by atoms with E-state index >= 15 is 0 Å². The molecule has 1 saturated carbocycles. The Morgan fingerprint density at radius 2 is 1.89 bits per heavy atom. The summed E-state index contributed by atoms with van der Waals surface area (Å²) in [5.41, 5.74) is 3.26. The largest absolute Gasteiger partial charge is 0.383 e. The maximum absolute atomic E-state index is 5.06. The molecular weight excluding hydrogens is 222 g/mol. The SMILES string of the molecule is COCCNCC1C(c2ccc(C)cc2)C1(C)C. The van der Waals surface area contributed by atoms with Gasteiger partial charge in [0.05, 0.1) is 6.61 Å². The van der Waals surface area contributed by atoms with Gasteiger partial charge in [0.2, 0.25) is 0 Å². The van der Waals surface area contributed by atoms with E-state index in [1.165, 1.54) is 11.1 Å². The van der Waals surface area contributed by atoms with E-state index in [1.807, 2.05) is 0 Å². The van der Waals surface area contributed by atoms with Gasteiger partial charge in [0.15, 0.2) is 0 Å². The van der Waals surface area contributed by atoms with Crippen LogP contribution in [0.1, 0.15) is 30.9 Å². The standard InChI is InChI=1S/C16H25NO/c1-12-5-7-13(8-6-12)15-14(16(15,2)3)11-17-9-10-18-4/h5-8,14-15,17H,9-11H2,1-4H3. The van der Waals surface area contributed by atoms with Crippen molar-refractivity contribution in [3.05, 3.63) is 35.4 Å². The molecule has 18 heavy (non-hydrogen) atoms. The van der Waals surface area contributed by atoms with Crippen molar-refractivity contribution in [2.45, 2.75) is 26.7 Å². The number of hydrogen-bond donors (Lipinski definition) is 1. The Labute approximate surface area is 111 Å². The minimum absolute atomic E-state index is 0.426. The maximum atomic E-state index is 5.06. The number of nitrogens with one attached hydrogen (secondary N) is 1. The van der Waals surface area contributed by atoms with Gasteiger partial charge in [-0.3, -0.25) is 0 Å². The van der Waals surface area contributed by atoms with Crippen molar-refractivity contribution in [2.75, 3.05) is 26.8 Å². The second-order valence-corrected chi connectivity index (χ2v) is 6.01. The van der Waals surface area contributed by atoms with E-state index in [9.17, 15) is 0 Å². The van der Waals surface area contributed by atoms with E-state index in [0.29, 0.717) is 11.3 Å². The average molecular weight is 247 g/mol. The Kier molecular flexibility index (Phi) is 4.08. The van der Waals surface area contributed by atoms with Crippen molar-refractivity contribution in [2.24, 2.45) is 11.3 Å². The molecule has 100 valence electrons. The smallest absolute Gasteiger partial charge is 0.0587 e. The Balaban J connectivity index is 1.91. The number of hydrogen-bond acceptors (Lipinski definition) is 2. The van der Waals surface area contributed by atoms with E-state index in [-0.39, 0.29) is 0 Å². The number of ether oxygens (including phenoxy) is 1. The van der Waals surface area contributed by atoms with Crippen molar-refractivity contribution in [1.29, 1.82) is 0 Å². The van der Waals surface area contributed by atoms with E-state index < -0.39 is 0 Å². The second-order valence-electron chi connectivity index (χ2n) is 6.01. The molecule has 0 aliphatic heterocycles. The molecule has 0 aromatic heterocycles. The van der Waals surface area contributed by atoms with Crippen LogP contribution in [0.3, 0.4) is 0 Å². The average Bonchev–Trinajstić information content (AvgIpc) is 2.88. The first-order chi connectivity index (χ1) is 8.57. The first-order valence-corrected chi connectivity index (χ1v) is 6.83. The third-order valence-corrected chi connectivity index (χ3v) is 4.33. The highest BCUT2D eigenvalue weighted by Crippen LogP contribution is 2.63. The molecule has 0 heterocycles. The molecule has 1 aliphatic carbocycles. The Hall–Kier alpha value is -0.860. The number of benzene rings is 1. The molecule has 0 radical (unpaired) electrons. The van der Waals surface area contributed by atoms with Crippen LogP contribution in [0.2, 0.25) is 0 Å².